The minimum absolute atomic E-state index is 0.207. The molecule has 0 saturated carbocycles. The van der Waals surface area contributed by atoms with Gasteiger partial charge in [0.1, 0.15) is 6.33 Å². The molecular weight excluding hydrogens is 312 g/mol. The standard InChI is InChI=1S/C18H19F2N3O/c19-16-2-1-13(4-17(16)20)8-23-9-18(10-23)5-15(24-11-18)3-14-6-21-12-22-7-14/h1-2,4,6-7,12,15H,3,5,8-11H2/t15-/m1/s1. The predicted molar refractivity (Wildman–Crippen MR) is 84.2 cm³/mol. The number of rotatable bonds is 4. The summed E-state index contributed by atoms with van der Waals surface area (Å²) >= 11 is 0. The summed E-state index contributed by atoms with van der Waals surface area (Å²) in [5, 5.41) is 0. The lowest BCUT2D eigenvalue weighted by Gasteiger charge is -2.47. The molecule has 2 aliphatic heterocycles. The minimum Gasteiger partial charge on any atom is -0.377 e. The molecule has 4 rings (SSSR count). The fraction of sp³-hybridized carbons (Fsp3) is 0.444. The van der Waals surface area contributed by atoms with Gasteiger partial charge in [-0.25, -0.2) is 18.7 Å². The summed E-state index contributed by atoms with van der Waals surface area (Å²) in [5.41, 5.74) is 2.11. The molecule has 126 valence electrons. The number of ether oxygens (including phenoxy) is 1. The van der Waals surface area contributed by atoms with E-state index in [4.69, 9.17) is 4.74 Å². The number of hydrogen-bond donors (Lipinski definition) is 0. The Balaban J connectivity index is 1.30. The highest BCUT2D eigenvalue weighted by molar-refractivity contribution is 5.18. The van der Waals surface area contributed by atoms with Crippen molar-refractivity contribution in [3.8, 4) is 0 Å². The van der Waals surface area contributed by atoms with Crippen molar-refractivity contribution in [2.24, 2.45) is 5.41 Å². The van der Waals surface area contributed by atoms with Crippen LogP contribution in [-0.4, -0.2) is 40.7 Å². The second-order valence-corrected chi connectivity index (χ2v) is 6.98. The van der Waals surface area contributed by atoms with Gasteiger partial charge in [-0.2, -0.15) is 0 Å². The Bertz CT molecular complexity index is 719. The molecule has 6 heteroatoms. The normalized spacial score (nSPS) is 22.7. The highest BCUT2D eigenvalue weighted by atomic mass is 19.2. The van der Waals surface area contributed by atoms with Crippen LogP contribution in [0.15, 0.2) is 36.9 Å². The van der Waals surface area contributed by atoms with Gasteiger partial charge in [0.05, 0.1) is 12.7 Å². The van der Waals surface area contributed by atoms with Crippen molar-refractivity contribution in [2.45, 2.75) is 25.5 Å². The Morgan fingerprint density at radius 2 is 1.92 bits per heavy atom. The summed E-state index contributed by atoms with van der Waals surface area (Å²) in [4.78, 5) is 10.3. The Labute approximate surface area is 139 Å². The molecule has 0 aliphatic carbocycles. The van der Waals surface area contributed by atoms with Gasteiger partial charge < -0.3 is 4.74 Å². The van der Waals surface area contributed by atoms with Crippen LogP contribution in [0.4, 0.5) is 8.78 Å². The monoisotopic (exact) mass is 331 g/mol. The van der Waals surface area contributed by atoms with Crippen molar-refractivity contribution in [1.82, 2.24) is 14.9 Å². The van der Waals surface area contributed by atoms with Crippen LogP contribution in [0.5, 0.6) is 0 Å². The lowest BCUT2D eigenvalue weighted by atomic mass is 9.77. The van der Waals surface area contributed by atoms with Crippen LogP contribution in [0.1, 0.15) is 17.5 Å². The van der Waals surface area contributed by atoms with E-state index in [1.165, 1.54) is 18.5 Å². The zero-order valence-corrected chi connectivity index (χ0v) is 13.3. The first kappa shape index (κ1) is 15.6. The summed E-state index contributed by atoms with van der Waals surface area (Å²) in [6, 6.07) is 4.12. The third kappa shape index (κ3) is 3.16. The van der Waals surface area contributed by atoms with E-state index in [0.29, 0.717) is 6.54 Å². The molecule has 0 amide bonds. The highest BCUT2D eigenvalue weighted by Crippen LogP contribution is 2.42. The Hall–Kier alpha value is -1.92. The lowest BCUT2D eigenvalue weighted by Crippen LogP contribution is -2.56. The van der Waals surface area contributed by atoms with Crippen LogP contribution in [0.3, 0.4) is 0 Å². The molecule has 1 aromatic heterocycles. The maximum absolute atomic E-state index is 13.3. The molecule has 1 spiro atoms. The quantitative estimate of drug-likeness (QED) is 0.863. The van der Waals surface area contributed by atoms with Crippen molar-refractivity contribution in [2.75, 3.05) is 19.7 Å². The molecule has 1 aromatic carbocycles. The van der Waals surface area contributed by atoms with Crippen LogP contribution >= 0.6 is 0 Å². The molecule has 1 atom stereocenters. The summed E-state index contributed by atoms with van der Waals surface area (Å²) in [6.07, 6.45) is 7.26. The molecule has 2 aromatic rings. The fourth-order valence-corrected chi connectivity index (χ4v) is 3.86. The van der Waals surface area contributed by atoms with E-state index in [-0.39, 0.29) is 11.5 Å². The van der Waals surface area contributed by atoms with Crippen molar-refractivity contribution in [3.63, 3.8) is 0 Å². The summed E-state index contributed by atoms with van der Waals surface area (Å²) in [5.74, 6) is -1.58. The maximum atomic E-state index is 13.3. The van der Waals surface area contributed by atoms with Crippen LogP contribution in [-0.2, 0) is 17.7 Å². The second-order valence-electron chi connectivity index (χ2n) is 6.98. The number of halogens is 2. The smallest absolute Gasteiger partial charge is 0.159 e. The van der Waals surface area contributed by atoms with E-state index in [1.54, 1.807) is 6.07 Å². The van der Waals surface area contributed by atoms with E-state index in [2.05, 4.69) is 14.9 Å². The van der Waals surface area contributed by atoms with Crippen molar-refractivity contribution in [1.29, 1.82) is 0 Å². The largest absolute Gasteiger partial charge is 0.377 e. The third-order valence-electron chi connectivity index (χ3n) is 4.87. The fourth-order valence-electron chi connectivity index (χ4n) is 3.86. The molecule has 2 aliphatic rings. The van der Waals surface area contributed by atoms with E-state index in [1.807, 2.05) is 12.4 Å². The lowest BCUT2D eigenvalue weighted by molar-refractivity contribution is -0.0141. The second kappa shape index (κ2) is 6.18. The molecule has 2 fully saturated rings. The molecule has 0 bridgehead atoms. The van der Waals surface area contributed by atoms with Gasteiger partial charge in [-0.1, -0.05) is 6.07 Å². The Morgan fingerprint density at radius 3 is 2.67 bits per heavy atom. The van der Waals surface area contributed by atoms with Gasteiger partial charge in [0.25, 0.3) is 0 Å². The predicted octanol–water partition coefficient (Wildman–Crippen LogP) is 2.59. The van der Waals surface area contributed by atoms with Crippen LogP contribution < -0.4 is 0 Å². The first-order valence-electron chi connectivity index (χ1n) is 8.14. The van der Waals surface area contributed by atoms with Crippen LogP contribution in [0, 0.1) is 17.0 Å². The molecule has 24 heavy (non-hydrogen) atoms. The number of benzene rings is 1. The molecular formula is C18H19F2N3O. The van der Waals surface area contributed by atoms with Gasteiger partial charge in [-0.3, -0.25) is 4.90 Å². The molecule has 0 unspecified atom stereocenters. The molecule has 2 saturated heterocycles. The highest BCUT2D eigenvalue weighted by Gasteiger charge is 2.48. The van der Waals surface area contributed by atoms with Gasteiger partial charge in [-0.15, -0.1) is 0 Å². The Kier molecular flexibility index (Phi) is 4.02. The summed E-state index contributed by atoms with van der Waals surface area (Å²) in [7, 11) is 0. The number of nitrogens with zero attached hydrogens (tertiary/aromatic N) is 3. The topological polar surface area (TPSA) is 38.2 Å². The molecule has 0 radical (unpaired) electrons. The SMILES string of the molecule is Fc1ccc(CN2CC3(CO[C@H](Cc4cncnc4)C3)C2)cc1F. The van der Waals surface area contributed by atoms with Crippen molar-refractivity contribution >= 4 is 0 Å². The first-order chi connectivity index (χ1) is 11.6. The van der Waals surface area contributed by atoms with Crippen LogP contribution in [0.2, 0.25) is 0 Å². The van der Waals surface area contributed by atoms with Gasteiger partial charge >= 0.3 is 0 Å². The van der Waals surface area contributed by atoms with Crippen molar-refractivity contribution < 1.29 is 13.5 Å². The Morgan fingerprint density at radius 1 is 1.12 bits per heavy atom. The average Bonchev–Trinajstić information content (AvgIpc) is 2.95. The third-order valence-corrected chi connectivity index (χ3v) is 4.87. The molecule has 4 nitrogen and oxygen atoms in total. The minimum atomic E-state index is -0.796. The van der Waals surface area contributed by atoms with Crippen molar-refractivity contribution in [3.05, 3.63) is 59.7 Å². The number of likely N-dealkylation sites (tertiary alicyclic amines) is 1. The average molecular weight is 331 g/mol. The summed E-state index contributed by atoms with van der Waals surface area (Å²) in [6.45, 7) is 3.29. The van der Waals surface area contributed by atoms with Crippen LogP contribution in [0.25, 0.3) is 0 Å². The van der Waals surface area contributed by atoms with Gasteiger partial charge in [0.2, 0.25) is 0 Å². The zero-order valence-electron chi connectivity index (χ0n) is 13.3. The molecule has 3 heterocycles. The van der Waals surface area contributed by atoms with E-state index in [0.717, 1.165) is 43.7 Å². The van der Waals surface area contributed by atoms with Gasteiger partial charge in [0, 0.05) is 43.9 Å². The summed E-state index contributed by atoms with van der Waals surface area (Å²) < 4.78 is 32.2. The van der Waals surface area contributed by atoms with Gasteiger partial charge in [-0.05, 0) is 29.7 Å². The van der Waals surface area contributed by atoms with E-state index >= 15 is 0 Å². The van der Waals surface area contributed by atoms with Gasteiger partial charge in [0.15, 0.2) is 11.6 Å². The molecule has 0 N–H and O–H groups in total. The van der Waals surface area contributed by atoms with E-state index < -0.39 is 11.6 Å². The zero-order chi connectivity index (χ0) is 16.6. The maximum Gasteiger partial charge on any atom is 0.159 e. The van der Waals surface area contributed by atoms with E-state index in [9.17, 15) is 8.78 Å². The number of hydrogen-bond acceptors (Lipinski definition) is 4. The number of aromatic nitrogens is 2. The first-order valence-corrected chi connectivity index (χ1v) is 8.14.